The van der Waals surface area contributed by atoms with Gasteiger partial charge in [0.15, 0.2) is 0 Å². The molecular weight excluding hydrogens is 329 g/mol. The van der Waals surface area contributed by atoms with Crippen molar-refractivity contribution in [2.45, 2.75) is 19.8 Å². The number of thiophene rings is 1. The number of ether oxygens (including phenoxy) is 1. The van der Waals surface area contributed by atoms with Gasteiger partial charge in [-0.3, -0.25) is 0 Å². The van der Waals surface area contributed by atoms with E-state index in [1.807, 2.05) is 13.8 Å². The molecule has 0 unspecified atom stereocenters. The van der Waals surface area contributed by atoms with Crippen LogP contribution in [0.1, 0.15) is 35.0 Å². The normalized spacial score (nSPS) is 11.0. The molecule has 21 heavy (non-hydrogen) atoms. The van der Waals surface area contributed by atoms with Gasteiger partial charge in [0.2, 0.25) is 0 Å². The molecule has 0 amide bonds. The Morgan fingerprint density at radius 2 is 2.00 bits per heavy atom. The summed E-state index contributed by atoms with van der Waals surface area (Å²) in [5.41, 5.74) is 8.26. The molecule has 0 saturated heterocycles. The number of carbonyl (C=O) groups excluding carboxylic acids is 1. The predicted molar refractivity (Wildman–Crippen MR) is 89.6 cm³/mol. The van der Waals surface area contributed by atoms with Crippen molar-refractivity contribution >= 4 is 46.2 Å². The van der Waals surface area contributed by atoms with E-state index in [9.17, 15) is 4.79 Å². The molecule has 0 aliphatic rings. The van der Waals surface area contributed by atoms with Gasteiger partial charge in [-0.25, -0.2) is 4.79 Å². The third-order valence-electron chi connectivity index (χ3n) is 3.10. The van der Waals surface area contributed by atoms with Crippen LogP contribution in [-0.2, 0) is 4.74 Å². The van der Waals surface area contributed by atoms with E-state index in [0.29, 0.717) is 20.6 Å². The number of methoxy groups -OCH3 is 1. The lowest BCUT2D eigenvalue weighted by atomic mass is 9.98. The Bertz CT molecular complexity index is 695. The van der Waals surface area contributed by atoms with Gasteiger partial charge in [-0.15, -0.1) is 11.3 Å². The number of halogens is 2. The molecule has 1 aromatic heterocycles. The van der Waals surface area contributed by atoms with Gasteiger partial charge >= 0.3 is 5.97 Å². The first kappa shape index (κ1) is 16.1. The zero-order valence-electron chi connectivity index (χ0n) is 11.9. The summed E-state index contributed by atoms with van der Waals surface area (Å²) in [6.07, 6.45) is 0. The molecule has 1 aromatic carbocycles. The topological polar surface area (TPSA) is 52.3 Å². The van der Waals surface area contributed by atoms with Gasteiger partial charge in [-0.1, -0.05) is 37.0 Å². The highest BCUT2D eigenvalue weighted by Crippen LogP contribution is 2.45. The lowest BCUT2D eigenvalue weighted by molar-refractivity contribution is 0.0607. The molecule has 0 radical (unpaired) electrons. The number of nitrogens with two attached hydrogens (primary N) is 1. The van der Waals surface area contributed by atoms with Crippen molar-refractivity contribution in [3.8, 4) is 10.4 Å². The van der Waals surface area contributed by atoms with E-state index >= 15 is 0 Å². The van der Waals surface area contributed by atoms with Gasteiger partial charge in [-0.05, 0) is 29.7 Å². The Labute approximate surface area is 137 Å². The predicted octanol–water partition coefficient (Wildman–Crippen LogP) is 5.21. The molecule has 0 spiro atoms. The van der Waals surface area contributed by atoms with E-state index < -0.39 is 5.97 Å². The maximum absolute atomic E-state index is 11.9. The zero-order chi connectivity index (χ0) is 15.7. The molecular formula is C15H15Cl2NO2S. The fourth-order valence-corrected chi connectivity index (χ4v) is 3.91. The molecule has 2 rings (SSSR count). The van der Waals surface area contributed by atoms with Crippen molar-refractivity contribution in [1.82, 2.24) is 0 Å². The Balaban J connectivity index is 2.73. The van der Waals surface area contributed by atoms with Gasteiger partial charge in [0, 0.05) is 20.5 Å². The van der Waals surface area contributed by atoms with Crippen molar-refractivity contribution in [1.29, 1.82) is 0 Å². The third-order valence-corrected chi connectivity index (χ3v) is 4.90. The molecule has 0 fully saturated rings. The SMILES string of the molecule is COC(=O)c1sc(-c2cc(Cl)ccc2Cl)c(C(C)C)c1N. The Morgan fingerprint density at radius 1 is 1.33 bits per heavy atom. The lowest BCUT2D eigenvalue weighted by Crippen LogP contribution is -2.03. The van der Waals surface area contributed by atoms with Crippen molar-refractivity contribution in [2.24, 2.45) is 0 Å². The maximum Gasteiger partial charge on any atom is 0.350 e. The van der Waals surface area contributed by atoms with E-state index in [1.165, 1.54) is 18.4 Å². The molecule has 1 heterocycles. The fraction of sp³-hybridized carbons (Fsp3) is 0.267. The van der Waals surface area contributed by atoms with Crippen molar-refractivity contribution < 1.29 is 9.53 Å². The molecule has 2 N–H and O–H groups in total. The highest BCUT2D eigenvalue weighted by molar-refractivity contribution is 7.18. The maximum atomic E-state index is 11.9. The van der Waals surface area contributed by atoms with Gasteiger partial charge in [0.1, 0.15) is 4.88 Å². The zero-order valence-corrected chi connectivity index (χ0v) is 14.2. The van der Waals surface area contributed by atoms with Crippen LogP contribution in [0.4, 0.5) is 5.69 Å². The number of nitrogen functional groups attached to an aromatic ring is 1. The van der Waals surface area contributed by atoms with Crippen LogP contribution in [0.2, 0.25) is 10.0 Å². The second-order valence-corrected chi connectivity index (χ2v) is 6.72. The minimum Gasteiger partial charge on any atom is -0.465 e. The van der Waals surface area contributed by atoms with E-state index in [-0.39, 0.29) is 5.92 Å². The first-order chi connectivity index (χ1) is 9.86. The standard InChI is InChI=1S/C15H15Cl2NO2S/c1-7(2)11-12(18)14(15(19)20-3)21-13(11)9-6-8(16)4-5-10(9)17/h4-7H,18H2,1-3H3. The highest BCUT2D eigenvalue weighted by atomic mass is 35.5. The van der Waals surface area contributed by atoms with E-state index in [1.54, 1.807) is 18.2 Å². The Hall–Kier alpha value is -1.23. The molecule has 6 heteroatoms. The number of anilines is 1. The van der Waals surface area contributed by atoms with Gasteiger partial charge < -0.3 is 10.5 Å². The van der Waals surface area contributed by atoms with Crippen LogP contribution < -0.4 is 5.73 Å². The van der Waals surface area contributed by atoms with Crippen LogP contribution in [0, 0.1) is 0 Å². The summed E-state index contributed by atoms with van der Waals surface area (Å²) in [7, 11) is 1.34. The summed E-state index contributed by atoms with van der Waals surface area (Å²) in [6, 6.07) is 5.24. The Morgan fingerprint density at radius 3 is 2.57 bits per heavy atom. The molecule has 0 atom stereocenters. The van der Waals surface area contributed by atoms with Crippen LogP contribution in [0.25, 0.3) is 10.4 Å². The largest absolute Gasteiger partial charge is 0.465 e. The van der Waals surface area contributed by atoms with Gasteiger partial charge in [0.05, 0.1) is 12.8 Å². The number of carbonyl (C=O) groups is 1. The molecule has 0 aliphatic carbocycles. The number of hydrogen-bond acceptors (Lipinski definition) is 4. The van der Waals surface area contributed by atoms with Crippen LogP contribution in [0.15, 0.2) is 18.2 Å². The third kappa shape index (κ3) is 3.03. The summed E-state index contributed by atoms with van der Waals surface area (Å²) in [4.78, 5) is 13.1. The number of rotatable bonds is 3. The molecule has 0 aliphatic heterocycles. The minimum atomic E-state index is -0.441. The van der Waals surface area contributed by atoms with Crippen molar-refractivity contribution in [3.63, 3.8) is 0 Å². The van der Waals surface area contributed by atoms with Crippen molar-refractivity contribution in [3.05, 3.63) is 38.7 Å². The average Bonchev–Trinajstić information content (AvgIpc) is 2.78. The number of esters is 1. The first-order valence-corrected chi connectivity index (χ1v) is 7.90. The summed E-state index contributed by atoms with van der Waals surface area (Å²) in [5, 5.41) is 1.15. The summed E-state index contributed by atoms with van der Waals surface area (Å²) in [5.74, 6) is -0.298. The quantitative estimate of drug-likeness (QED) is 0.777. The van der Waals surface area contributed by atoms with Crippen LogP contribution in [-0.4, -0.2) is 13.1 Å². The smallest absolute Gasteiger partial charge is 0.350 e. The van der Waals surface area contributed by atoms with Crippen LogP contribution in [0.5, 0.6) is 0 Å². The number of benzene rings is 1. The minimum absolute atomic E-state index is 0.143. The summed E-state index contributed by atoms with van der Waals surface area (Å²) < 4.78 is 4.79. The van der Waals surface area contributed by atoms with E-state index in [4.69, 9.17) is 33.7 Å². The molecule has 2 aromatic rings. The van der Waals surface area contributed by atoms with Crippen molar-refractivity contribution in [2.75, 3.05) is 12.8 Å². The van der Waals surface area contributed by atoms with Crippen LogP contribution >= 0.6 is 34.5 Å². The first-order valence-electron chi connectivity index (χ1n) is 6.32. The summed E-state index contributed by atoms with van der Waals surface area (Å²) >= 11 is 13.6. The monoisotopic (exact) mass is 343 g/mol. The average molecular weight is 344 g/mol. The van der Waals surface area contributed by atoms with E-state index in [0.717, 1.165) is 16.0 Å². The van der Waals surface area contributed by atoms with Crippen LogP contribution in [0.3, 0.4) is 0 Å². The molecule has 0 bridgehead atoms. The lowest BCUT2D eigenvalue weighted by Gasteiger charge is -2.10. The molecule has 112 valence electrons. The van der Waals surface area contributed by atoms with E-state index in [2.05, 4.69) is 0 Å². The fourth-order valence-electron chi connectivity index (χ4n) is 2.15. The summed E-state index contributed by atoms with van der Waals surface area (Å²) in [6.45, 7) is 4.03. The van der Waals surface area contributed by atoms with Gasteiger partial charge in [0.25, 0.3) is 0 Å². The molecule has 3 nitrogen and oxygen atoms in total. The Kier molecular flexibility index (Phi) is 4.81. The second kappa shape index (κ2) is 6.26. The van der Waals surface area contributed by atoms with Gasteiger partial charge in [-0.2, -0.15) is 0 Å². The highest BCUT2D eigenvalue weighted by Gasteiger charge is 2.25. The number of hydrogen-bond donors (Lipinski definition) is 1. The molecule has 0 saturated carbocycles. The second-order valence-electron chi connectivity index (χ2n) is 4.86.